The van der Waals surface area contributed by atoms with Crippen LogP contribution in [0.2, 0.25) is 0 Å². The summed E-state index contributed by atoms with van der Waals surface area (Å²) in [6, 6.07) is 14.7. The molecule has 7 heteroatoms. The number of nitrogens with zero attached hydrogens (tertiary/aromatic N) is 3. The van der Waals surface area contributed by atoms with Gasteiger partial charge in [0.15, 0.2) is 6.61 Å². The van der Waals surface area contributed by atoms with Crippen molar-refractivity contribution in [3.63, 3.8) is 0 Å². The molecule has 1 N–H and O–H groups in total. The van der Waals surface area contributed by atoms with E-state index < -0.39 is 0 Å². The van der Waals surface area contributed by atoms with Gasteiger partial charge in [-0.3, -0.25) is 4.79 Å². The van der Waals surface area contributed by atoms with Crippen LogP contribution in [0.1, 0.15) is 0 Å². The normalized spacial score (nSPS) is 10.5. The molecule has 1 heterocycles. The molecule has 106 valence electrons. The zero-order valence-electron chi connectivity index (χ0n) is 10.9. The maximum absolute atomic E-state index is 11.8. The lowest BCUT2D eigenvalue weighted by Gasteiger charge is -2.07. The number of aromatic nitrogens is 3. The molecular weight excluding hydrogens is 336 g/mol. The molecule has 3 rings (SSSR count). The summed E-state index contributed by atoms with van der Waals surface area (Å²) in [7, 11) is 0. The van der Waals surface area contributed by atoms with Crippen molar-refractivity contribution in [1.82, 2.24) is 15.2 Å². The standard InChI is InChI=1S/C14H11BrN4O2/c15-10-5-7-11(8-6-10)16-14(20)9-21-19-13-4-2-1-3-12(13)17-18-19/h1-8H,9H2,(H,16,20). The Morgan fingerprint density at radius 2 is 1.95 bits per heavy atom. The van der Waals surface area contributed by atoms with Gasteiger partial charge < -0.3 is 10.2 Å². The number of para-hydroxylation sites is 1. The predicted molar refractivity (Wildman–Crippen MR) is 81.7 cm³/mol. The van der Waals surface area contributed by atoms with Crippen molar-refractivity contribution in [2.75, 3.05) is 11.9 Å². The first-order valence-electron chi connectivity index (χ1n) is 6.21. The number of fused-ring (bicyclic) bond motifs is 1. The maximum Gasteiger partial charge on any atom is 0.265 e. The summed E-state index contributed by atoms with van der Waals surface area (Å²) in [5.74, 6) is -0.267. The number of carbonyl (C=O) groups excluding carboxylic acids is 1. The molecule has 0 aliphatic heterocycles. The Morgan fingerprint density at radius 1 is 1.19 bits per heavy atom. The summed E-state index contributed by atoms with van der Waals surface area (Å²) in [4.78, 5) is 18.4. The quantitative estimate of drug-likeness (QED) is 0.786. The largest absolute Gasteiger partial charge is 0.385 e. The second-order valence-corrected chi connectivity index (χ2v) is 5.20. The molecule has 3 aromatic rings. The Bertz CT molecular complexity index is 770. The van der Waals surface area contributed by atoms with Crippen LogP contribution in [0.15, 0.2) is 53.0 Å². The van der Waals surface area contributed by atoms with E-state index in [1.807, 2.05) is 36.4 Å². The van der Waals surface area contributed by atoms with Crippen LogP contribution in [0.4, 0.5) is 5.69 Å². The number of carbonyl (C=O) groups is 1. The summed E-state index contributed by atoms with van der Waals surface area (Å²) in [5.41, 5.74) is 2.13. The predicted octanol–water partition coefficient (Wildman–Crippen LogP) is 2.26. The molecule has 2 aromatic carbocycles. The van der Waals surface area contributed by atoms with E-state index in [-0.39, 0.29) is 12.5 Å². The fourth-order valence-electron chi connectivity index (χ4n) is 1.79. The first kappa shape index (κ1) is 13.6. The Kier molecular flexibility index (Phi) is 3.83. The fourth-order valence-corrected chi connectivity index (χ4v) is 2.06. The van der Waals surface area contributed by atoms with Gasteiger partial charge in [0.2, 0.25) is 0 Å². The number of amides is 1. The smallest absolute Gasteiger partial charge is 0.265 e. The van der Waals surface area contributed by atoms with Gasteiger partial charge in [-0.1, -0.05) is 32.9 Å². The molecular formula is C14H11BrN4O2. The third kappa shape index (κ3) is 3.19. The topological polar surface area (TPSA) is 69.0 Å². The zero-order chi connectivity index (χ0) is 14.7. The van der Waals surface area contributed by atoms with E-state index in [0.717, 1.165) is 4.47 Å². The number of hydrogen-bond acceptors (Lipinski definition) is 4. The van der Waals surface area contributed by atoms with Crippen LogP contribution >= 0.6 is 15.9 Å². The highest BCUT2D eigenvalue weighted by molar-refractivity contribution is 9.10. The van der Waals surface area contributed by atoms with Crippen molar-refractivity contribution >= 4 is 38.6 Å². The van der Waals surface area contributed by atoms with Gasteiger partial charge in [0, 0.05) is 10.2 Å². The second-order valence-electron chi connectivity index (χ2n) is 4.28. The number of benzene rings is 2. The Hall–Kier alpha value is -2.41. The van der Waals surface area contributed by atoms with Crippen molar-refractivity contribution in [1.29, 1.82) is 0 Å². The Balaban J connectivity index is 1.62. The van der Waals surface area contributed by atoms with Crippen molar-refractivity contribution in [2.45, 2.75) is 0 Å². The molecule has 0 bridgehead atoms. The summed E-state index contributed by atoms with van der Waals surface area (Å²) in [6.45, 7) is -0.149. The van der Waals surface area contributed by atoms with E-state index in [9.17, 15) is 4.79 Å². The molecule has 1 amide bonds. The first-order valence-corrected chi connectivity index (χ1v) is 7.01. The summed E-state index contributed by atoms with van der Waals surface area (Å²) >= 11 is 3.34. The van der Waals surface area contributed by atoms with Gasteiger partial charge in [0.1, 0.15) is 11.0 Å². The van der Waals surface area contributed by atoms with E-state index in [2.05, 4.69) is 31.6 Å². The average molecular weight is 347 g/mol. The van der Waals surface area contributed by atoms with E-state index in [0.29, 0.717) is 16.7 Å². The molecule has 21 heavy (non-hydrogen) atoms. The number of hydrogen-bond donors (Lipinski definition) is 1. The Labute approximate surface area is 128 Å². The van der Waals surface area contributed by atoms with E-state index in [1.54, 1.807) is 12.1 Å². The third-order valence-electron chi connectivity index (χ3n) is 2.77. The highest BCUT2D eigenvalue weighted by atomic mass is 79.9. The molecule has 0 unspecified atom stereocenters. The monoisotopic (exact) mass is 346 g/mol. The summed E-state index contributed by atoms with van der Waals surface area (Å²) in [5, 5.41) is 10.5. The van der Waals surface area contributed by atoms with Crippen LogP contribution in [0.5, 0.6) is 0 Å². The lowest BCUT2D eigenvalue weighted by atomic mass is 10.3. The van der Waals surface area contributed by atoms with Crippen molar-refractivity contribution in [2.24, 2.45) is 0 Å². The van der Waals surface area contributed by atoms with Crippen molar-refractivity contribution < 1.29 is 9.63 Å². The molecule has 1 aromatic heterocycles. The third-order valence-corrected chi connectivity index (χ3v) is 3.30. The van der Waals surface area contributed by atoms with Crippen LogP contribution in [-0.2, 0) is 4.79 Å². The van der Waals surface area contributed by atoms with Gasteiger partial charge >= 0.3 is 0 Å². The van der Waals surface area contributed by atoms with E-state index in [4.69, 9.17) is 4.84 Å². The molecule has 0 radical (unpaired) electrons. The minimum Gasteiger partial charge on any atom is -0.385 e. The minimum atomic E-state index is -0.267. The van der Waals surface area contributed by atoms with Gasteiger partial charge in [-0.25, -0.2) is 0 Å². The molecule has 0 aliphatic rings. The average Bonchev–Trinajstić information content (AvgIpc) is 2.91. The molecule has 0 spiro atoms. The molecule has 0 fully saturated rings. The van der Waals surface area contributed by atoms with Crippen LogP contribution in [0, 0.1) is 0 Å². The molecule has 0 saturated heterocycles. The van der Waals surface area contributed by atoms with Crippen LogP contribution in [0.25, 0.3) is 11.0 Å². The molecule has 0 atom stereocenters. The summed E-state index contributed by atoms with van der Waals surface area (Å²) < 4.78 is 0.950. The fraction of sp³-hybridized carbons (Fsp3) is 0.0714. The Morgan fingerprint density at radius 3 is 2.76 bits per heavy atom. The minimum absolute atomic E-state index is 0.149. The highest BCUT2D eigenvalue weighted by Crippen LogP contribution is 2.14. The number of rotatable bonds is 4. The SMILES string of the molecule is O=C(COn1nnc2ccccc21)Nc1ccc(Br)cc1. The first-order chi connectivity index (χ1) is 10.2. The molecule has 6 nitrogen and oxygen atoms in total. The lowest BCUT2D eigenvalue weighted by Crippen LogP contribution is -2.26. The van der Waals surface area contributed by atoms with Crippen molar-refractivity contribution in [3.05, 3.63) is 53.0 Å². The summed E-state index contributed by atoms with van der Waals surface area (Å²) in [6.07, 6.45) is 0. The lowest BCUT2D eigenvalue weighted by molar-refractivity contribution is -0.121. The number of anilines is 1. The van der Waals surface area contributed by atoms with Crippen LogP contribution < -0.4 is 10.2 Å². The van der Waals surface area contributed by atoms with Crippen molar-refractivity contribution in [3.8, 4) is 0 Å². The van der Waals surface area contributed by atoms with Gasteiger partial charge in [0.25, 0.3) is 5.91 Å². The van der Waals surface area contributed by atoms with E-state index in [1.165, 1.54) is 4.85 Å². The zero-order valence-corrected chi connectivity index (χ0v) is 12.4. The van der Waals surface area contributed by atoms with Gasteiger partial charge in [0.05, 0.1) is 0 Å². The molecule has 0 saturated carbocycles. The number of nitrogens with one attached hydrogen (secondary N) is 1. The van der Waals surface area contributed by atoms with Gasteiger partial charge in [-0.15, -0.1) is 5.10 Å². The highest BCUT2D eigenvalue weighted by Gasteiger charge is 2.07. The number of halogens is 1. The van der Waals surface area contributed by atoms with E-state index >= 15 is 0 Å². The van der Waals surface area contributed by atoms with Crippen LogP contribution in [0.3, 0.4) is 0 Å². The van der Waals surface area contributed by atoms with Gasteiger partial charge in [-0.05, 0) is 41.6 Å². The van der Waals surface area contributed by atoms with Crippen LogP contribution in [-0.4, -0.2) is 27.7 Å². The second kappa shape index (κ2) is 5.92. The van der Waals surface area contributed by atoms with Gasteiger partial charge in [-0.2, -0.15) is 0 Å². The molecule has 0 aliphatic carbocycles. The maximum atomic E-state index is 11.8.